The molecule has 0 saturated heterocycles. The second-order valence-electron chi connectivity index (χ2n) is 6.43. The Morgan fingerprint density at radius 3 is 2.63 bits per heavy atom. The van der Waals surface area contributed by atoms with Crippen molar-refractivity contribution in [3.63, 3.8) is 0 Å². The van der Waals surface area contributed by atoms with Gasteiger partial charge in [0.15, 0.2) is 6.61 Å². The van der Waals surface area contributed by atoms with Crippen LogP contribution < -0.4 is 5.32 Å². The zero-order valence-electron chi connectivity index (χ0n) is 15.5. The summed E-state index contributed by atoms with van der Waals surface area (Å²) in [6.45, 7) is -0.537. The number of ether oxygens (including phenoxy) is 1. The SMILES string of the molecule is O=C(COC(=O)c1ccc2nc(-c3ccccc3)[nH]c2c1)Nc1ccc(Br)cc1F. The second-order valence-corrected chi connectivity index (χ2v) is 7.35. The first-order chi connectivity index (χ1) is 14.5. The van der Waals surface area contributed by atoms with E-state index < -0.39 is 24.3 Å². The van der Waals surface area contributed by atoms with Gasteiger partial charge in [0.2, 0.25) is 0 Å². The van der Waals surface area contributed by atoms with Crippen LogP contribution in [0.15, 0.2) is 71.2 Å². The first kappa shape index (κ1) is 19.8. The predicted octanol–water partition coefficient (Wildman–Crippen LogP) is 4.93. The fourth-order valence-electron chi connectivity index (χ4n) is 2.86. The zero-order chi connectivity index (χ0) is 21.1. The van der Waals surface area contributed by atoms with Crippen molar-refractivity contribution in [2.45, 2.75) is 0 Å². The minimum Gasteiger partial charge on any atom is -0.452 e. The number of rotatable bonds is 5. The number of fused-ring (bicyclic) bond motifs is 1. The number of aromatic nitrogens is 2. The van der Waals surface area contributed by atoms with Gasteiger partial charge in [-0.15, -0.1) is 0 Å². The standard InChI is InChI=1S/C22H15BrFN3O3/c23-15-7-9-17(16(24)11-15)25-20(28)12-30-22(29)14-6-8-18-19(10-14)27-21(26-18)13-4-2-1-3-5-13/h1-11H,12H2,(H,25,28)(H,26,27). The van der Waals surface area contributed by atoms with Gasteiger partial charge in [0, 0.05) is 10.0 Å². The average molecular weight is 468 g/mol. The third-order valence-electron chi connectivity index (χ3n) is 4.30. The van der Waals surface area contributed by atoms with Gasteiger partial charge in [-0.05, 0) is 36.4 Å². The fraction of sp³-hybridized carbons (Fsp3) is 0.0455. The van der Waals surface area contributed by atoms with Crippen LogP contribution in [0.4, 0.5) is 10.1 Å². The zero-order valence-corrected chi connectivity index (χ0v) is 17.1. The molecule has 4 aromatic rings. The van der Waals surface area contributed by atoms with Crippen LogP contribution in [0, 0.1) is 5.82 Å². The van der Waals surface area contributed by atoms with Crippen molar-refractivity contribution in [2.24, 2.45) is 0 Å². The summed E-state index contributed by atoms with van der Waals surface area (Å²) < 4.78 is 19.4. The molecule has 0 spiro atoms. The van der Waals surface area contributed by atoms with Gasteiger partial charge < -0.3 is 15.0 Å². The summed E-state index contributed by atoms with van der Waals surface area (Å²) in [5, 5.41) is 2.37. The molecule has 1 aromatic heterocycles. The summed E-state index contributed by atoms with van der Waals surface area (Å²) in [5.74, 6) is -1.22. The molecule has 2 N–H and O–H groups in total. The van der Waals surface area contributed by atoms with Crippen LogP contribution in [0.3, 0.4) is 0 Å². The number of H-pyrrole nitrogens is 1. The lowest BCUT2D eigenvalue weighted by molar-refractivity contribution is -0.119. The Morgan fingerprint density at radius 2 is 1.87 bits per heavy atom. The third-order valence-corrected chi connectivity index (χ3v) is 4.80. The van der Waals surface area contributed by atoms with E-state index in [1.165, 1.54) is 12.1 Å². The van der Waals surface area contributed by atoms with Crippen LogP contribution in [0.25, 0.3) is 22.4 Å². The van der Waals surface area contributed by atoms with Gasteiger partial charge in [0.1, 0.15) is 11.6 Å². The molecular weight excluding hydrogens is 453 g/mol. The highest BCUT2D eigenvalue weighted by atomic mass is 79.9. The molecule has 0 fully saturated rings. The Kier molecular flexibility index (Phi) is 5.58. The monoisotopic (exact) mass is 467 g/mol. The number of esters is 1. The number of amides is 1. The molecule has 3 aromatic carbocycles. The number of carbonyl (C=O) groups excluding carboxylic acids is 2. The van der Waals surface area contributed by atoms with Gasteiger partial charge in [0.25, 0.3) is 5.91 Å². The number of halogens is 2. The van der Waals surface area contributed by atoms with E-state index in [0.29, 0.717) is 21.3 Å². The molecule has 1 amide bonds. The second kappa shape index (κ2) is 8.46. The summed E-state index contributed by atoms with van der Waals surface area (Å²) in [4.78, 5) is 32.0. The van der Waals surface area contributed by atoms with Crippen molar-refractivity contribution in [3.8, 4) is 11.4 Å². The summed E-state index contributed by atoms with van der Waals surface area (Å²) in [6.07, 6.45) is 0. The summed E-state index contributed by atoms with van der Waals surface area (Å²) >= 11 is 3.14. The lowest BCUT2D eigenvalue weighted by atomic mass is 10.2. The van der Waals surface area contributed by atoms with Crippen molar-refractivity contribution >= 4 is 44.5 Å². The maximum atomic E-state index is 13.8. The molecule has 0 bridgehead atoms. The predicted molar refractivity (Wildman–Crippen MR) is 115 cm³/mol. The van der Waals surface area contributed by atoms with E-state index in [4.69, 9.17) is 4.74 Å². The van der Waals surface area contributed by atoms with Crippen LogP contribution >= 0.6 is 15.9 Å². The largest absolute Gasteiger partial charge is 0.452 e. The van der Waals surface area contributed by atoms with Gasteiger partial charge in [-0.3, -0.25) is 4.79 Å². The van der Waals surface area contributed by atoms with Gasteiger partial charge in [-0.2, -0.15) is 0 Å². The highest BCUT2D eigenvalue weighted by Crippen LogP contribution is 2.22. The first-order valence-electron chi connectivity index (χ1n) is 8.97. The van der Waals surface area contributed by atoms with Crippen LogP contribution in [-0.4, -0.2) is 28.5 Å². The maximum absolute atomic E-state index is 13.8. The van der Waals surface area contributed by atoms with Crippen molar-refractivity contribution in [3.05, 3.63) is 82.6 Å². The van der Waals surface area contributed by atoms with Crippen LogP contribution in [0.2, 0.25) is 0 Å². The highest BCUT2D eigenvalue weighted by molar-refractivity contribution is 9.10. The van der Waals surface area contributed by atoms with E-state index in [0.717, 1.165) is 5.56 Å². The van der Waals surface area contributed by atoms with Crippen LogP contribution in [-0.2, 0) is 9.53 Å². The Hall–Kier alpha value is -3.52. The van der Waals surface area contributed by atoms with Gasteiger partial charge in [-0.1, -0.05) is 46.3 Å². The molecule has 0 aliphatic carbocycles. The Balaban J connectivity index is 1.42. The Morgan fingerprint density at radius 1 is 1.07 bits per heavy atom. The molecular formula is C22H15BrFN3O3. The van der Waals surface area contributed by atoms with E-state index in [2.05, 4.69) is 31.2 Å². The Bertz CT molecular complexity index is 1240. The van der Waals surface area contributed by atoms with E-state index in [1.54, 1.807) is 24.3 Å². The first-order valence-corrected chi connectivity index (χ1v) is 9.76. The number of imidazole rings is 1. The normalized spacial score (nSPS) is 10.7. The summed E-state index contributed by atoms with van der Waals surface area (Å²) in [7, 11) is 0. The molecule has 0 aliphatic rings. The van der Waals surface area contributed by atoms with E-state index in [-0.39, 0.29) is 11.3 Å². The number of anilines is 1. The minimum atomic E-state index is -0.667. The molecule has 150 valence electrons. The molecule has 0 aliphatic heterocycles. The number of benzene rings is 3. The average Bonchev–Trinajstić information content (AvgIpc) is 3.18. The number of nitrogens with zero attached hydrogens (tertiary/aromatic N) is 1. The van der Waals surface area contributed by atoms with Gasteiger partial charge >= 0.3 is 5.97 Å². The van der Waals surface area contributed by atoms with Gasteiger partial charge in [0.05, 0.1) is 22.3 Å². The number of aromatic amines is 1. The van der Waals surface area contributed by atoms with Crippen molar-refractivity contribution in [2.75, 3.05) is 11.9 Å². The topological polar surface area (TPSA) is 84.1 Å². The lowest BCUT2D eigenvalue weighted by Gasteiger charge is -2.08. The molecule has 30 heavy (non-hydrogen) atoms. The van der Waals surface area contributed by atoms with Crippen molar-refractivity contribution in [1.29, 1.82) is 0 Å². The minimum absolute atomic E-state index is 0.00608. The molecule has 1 heterocycles. The number of carbonyl (C=O) groups is 2. The van der Waals surface area contributed by atoms with E-state index in [1.807, 2.05) is 30.3 Å². The summed E-state index contributed by atoms with van der Waals surface area (Å²) in [5.41, 5.74) is 2.58. The molecule has 8 heteroatoms. The van der Waals surface area contributed by atoms with Crippen LogP contribution in [0.1, 0.15) is 10.4 Å². The van der Waals surface area contributed by atoms with Crippen molar-refractivity contribution < 1.29 is 18.7 Å². The smallest absolute Gasteiger partial charge is 0.338 e. The Labute approximate surface area is 179 Å². The molecule has 0 unspecified atom stereocenters. The molecule has 0 atom stereocenters. The van der Waals surface area contributed by atoms with E-state index in [9.17, 15) is 14.0 Å². The molecule has 6 nitrogen and oxygen atoms in total. The van der Waals surface area contributed by atoms with E-state index >= 15 is 0 Å². The quantitative estimate of drug-likeness (QED) is 0.407. The van der Waals surface area contributed by atoms with Crippen LogP contribution in [0.5, 0.6) is 0 Å². The molecule has 0 radical (unpaired) electrons. The maximum Gasteiger partial charge on any atom is 0.338 e. The molecule has 0 saturated carbocycles. The van der Waals surface area contributed by atoms with Gasteiger partial charge in [-0.25, -0.2) is 14.2 Å². The summed E-state index contributed by atoms with van der Waals surface area (Å²) in [6, 6.07) is 18.7. The van der Waals surface area contributed by atoms with Crippen molar-refractivity contribution in [1.82, 2.24) is 9.97 Å². The number of hydrogen-bond acceptors (Lipinski definition) is 4. The lowest BCUT2D eigenvalue weighted by Crippen LogP contribution is -2.21. The number of hydrogen-bond donors (Lipinski definition) is 2. The highest BCUT2D eigenvalue weighted by Gasteiger charge is 2.14. The third kappa shape index (κ3) is 4.38. The fourth-order valence-corrected chi connectivity index (χ4v) is 3.19. The number of nitrogens with one attached hydrogen (secondary N) is 2. The molecule has 4 rings (SSSR count).